The number of hydrogen-bond donors (Lipinski definition) is 1. The first-order valence-corrected chi connectivity index (χ1v) is 8.95. The summed E-state index contributed by atoms with van der Waals surface area (Å²) in [6.45, 7) is 2.14. The smallest absolute Gasteiger partial charge is 0.254 e. The molecule has 0 saturated carbocycles. The summed E-state index contributed by atoms with van der Waals surface area (Å²) in [5, 5.41) is 0. The zero-order chi connectivity index (χ0) is 18.6. The number of fused-ring (bicyclic) bond motifs is 1. The first-order chi connectivity index (χ1) is 13.2. The molecule has 1 aromatic heterocycles. The summed E-state index contributed by atoms with van der Waals surface area (Å²) in [5.74, 6) is -0.0386. The van der Waals surface area contributed by atoms with E-state index in [0.29, 0.717) is 31.7 Å². The quantitative estimate of drug-likeness (QED) is 0.730. The van der Waals surface area contributed by atoms with Gasteiger partial charge in [0.15, 0.2) is 0 Å². The molecule has 136 valence electrons. The van der Waals surface area contributed by atoms with Crippen LogP contribution in [0, 0.1) is 0 Å². The standard InChI is InChI=1S/C21H20N4O2/c26-20(9-6-16-4-2-1-3-5-16)24-10-12-25(13-11-24)21(27)17-7-8-18-19(14-17)23-15-22-18/h1-9,14-15H,10-13H2,(H,22,23)/b9-6+. The van der Waals surface area contributed by atoms with Crippen molar-refractivity contribution >= 4 is 28.9 Å². The van der Waals surface area contributed by atoms with Gasteiger partial charge in [-0.3, -0.25) is 9.59 Å². The molecule has 2 amide bonds. The molecule has 4 rings (SSSR count). The van der Waals surface area contributed by atoms with E-state index in [1.54, 1.807) is 28.3 Å². The monoisotopic (exact) mass is 360 g/mol. The first-order valence-electron chi connectivity index (χ1n) is 8.95. The van der Waals surface area contributed by atoms with Crippen LogP contribution in [0.25, 0.3) is 17.1 Å². The van der Waals surface area contributed by atoms with Gasteiger partial charge in [-0.15, -0.1) is 0 Å². The van der Waals surface area contributed by atoms with Crippen LogP contribution in [0.3, 0.4) is 0 Å². The predicted molar refractivity (Wildman–Crippen MR) is 104 cm³/mol. The maximum absolute atomic E-state index is 12.7. The van der Waals surface area contributed by atoms with E-state index in [1.807, 2.05) is 48.5 Å². The van der Waals surface area contributed by atoms with Gasteiger partial charge in [0.2, 0.25) is 5.91 Å². The molecule has 0 unspecified atom stereocenters. The molecule has 0 radical (unpaired) electrons. The van der Waals surface area contributed by atoms with Gasteiger partial charge in [0.1, 0.15) is 0 Å². The second-order valence-electron chi connectivity index (χ2n) is 6.50. The summed E-state index contributed by atoms with van der Waals surface area (Å²) < 4.78 is 0. The molecule has 6 nitrogen and oxygen atoms in total. The van der Waals surface area contributed by atoms with Gasteiger partial charge < -0.3 is 14.8 Å². The number of imidazole rings is 1. The maximum atomic E-state index is 12.7. The fraction of sp³-hybridized carbons (Fsp3) is 0.190. The number of nitrogens with zero attached hydrogens (tertiary/aromatic N) is 3. The van der Waals surface area contributed by atoms with Gasteiger partial charge >= 0.3 is 0 Å². The summed E-state index contributed by atoms with van der Waals surface area (Å²) in [4.78, 5) is 35.9. The highest BCUT2D eigenvalue weighted by Crippen LogP contribution is 2.15. The Morgan fingerprint density at radius 1 is 0.963 bits per heavy atom. The number of aromatic amines is 1. The van der Waals surface area contributed by atoms with Crippen LogP contribution in [0.15, 0.2) is 60.9 Å². The largest absolute Gasteiger partial charge is 0.345 e. The van der Waals surface area contributed by atoms with Crippen molar-refractivity contribution in [2.75, 3.05) is 26.2 Å². The molecular weight excluding hydrogens is 340 g/mol. The normalized spacial score (nSPS) is 14.8. The van der Waals surface area contributed by atoms with Gasteiger partial charge in [0.25, 0.3) is 5.91 Å². The average molecular weight is 360 g/mol. The molecule has 27 heavy (non-hydrogen) atoms. The third kappa shape index (κ3) is 3.74. The summed E-state index contributed by atoms with van der Waals surface area (Å²) in [5.41, 5.74) is 3.32. The van der Waals surface area contributed by atoms with Gasteiger partial charge in [-0.1, -0.05) is 30.3 Å². The lowest BCUT2D eigenvalue weighted by atomic mass is 10.1. The summed E-state index contributed by atoms with van der Waals surface area (Å²) >= 11 is 0. The highest BCUT2D eigenvalue weighted by atomic mass is 16.2. The molecule has 1 aliphatic rings. The van der Waals surface area contributed by atoms with E-state index in [2.05, 4.69) is 9.97 Å². The lowest BCUT2D eigenvalue weighted by Gasteiger charge is -2.34. The zero-order valence-electron chi connectivity index (χ0n) is 14.8. The fourth-order valence-electron chi connectivity index (χ4n) is 3.22. The Hall–Kier alpha value is -3.41. The average Bonchev–Trinajstić information content (AvgIpc) is 3.20. The minimum absolute atomic E-state index is 0.0153. The highest BCUT2D eigenvalue weighted by Gasteiger charge is 2.24. The molecular formula is C21H20N4O2. The number of piperazine rings is 1. The molecule has 0 bridgehead atoms. The van der Waals surface area contributed by atoms with Crippen molar-refractivity contribution in [3.05, 3.63) is 72.1 Å². The lowest BCUT2D eigenvalue weighted by molar-refractivity contribution is -0.127. The number of carbonyl (C=O) groups is 2. The highest BCUT2D eigenvalue weighted by molar-refractivity contribution is 5.97. The number of benzene rings is 2. The predicted octanol–water partition coefficient (Wildman–Crippen LogP) is 2.56. The van der Waals surface area contributed by atoms with Crippen LogP contribution in [-0.2, 0) is 4.79 Å². The van der Waals surface area contributed by atoms with Crippen LogP contribution in [0.5, 0.6) is 0 Å². The van der Waals surface area contributed by atoms with E-state index in [4.69, 9.17) is 0 Å². The number of amides is 2. The SMILES string of the molecule is O=C(/C=C/c1ccccc1)N1CCN(C(=O)c2ccc3nc[nH]c3c2)CC1. The molecule has 2 heterocycles. The first kappa shape index (κ1) is 17.0. The Kier molecular flexibility index (Phi) is 4.70. The van der Waals surface area contributed by atoms with E-state index < -0.39 is 0 Å². The lowest BCUT2D eigenvalue weighted by Crippen LogP contribution is -2.50. The Bertz CT molecular complexity index is 986. The molecule has 0 atom stereocenters. The van der Waals surface area contributed by atoms with E-state index in [9.17, 15) is 9.59 Å². The Balaban J connectivity index is 1.36. The fourth-order valence-corrected chi connectivity index (χ4v) is 3.22. The van der Waals surface area contributed by atoms with Crippen molar-refractivity contribution < 1.29 is 9.59 Å². The second-order valence-corrected chi connectivity index (χ2v) is 6.50. The Labute approximate surface area is 157 Å². The Morgan fingerprint density at radius 3 is 2.48 bits per heavy atom. The van der Waals surface area contributed by atoms with Gasteiger partial charge in [-0.25, -0.2) is 4.98 Å². The molecule has 0 aliphatic carbocycles. The van der Waals surface area contributed by atoms with E-state index >= 15 is 0 Å². The van der Waals surface area contributed by atoms with E-state index in [1.165, 1.54) is 0 Å². The van der Waals surface area contributed by atoms with E-state index in [0.717, 1.165) is 16.6 Å². The van der Waals surface area contributed by atoms with Crippen LogP contribution in [-0.4, -0.2) is 57.8 Å². The number of hydrogen-bond acceptors (Lipinski definition) is 3. The van der Waals surface area contributed by atoms with Crippen LogP contribution < -0.4 is 0 Å². The van der Waals surface area contributed by atoms with Crippen molar-refractivity contribution in [2.24, 2.45) is 0 Å². The number of H-pyrrole nitrogens is 1. The topological polar surface area (TPSA) is 69.3 Å². The summed E-state index contributed by atoms with van der Waals surface area (Å²) in [7, 11) is 0. The van der Waals surface area contributed by atoms with Crippen molar-refractivity contribution in [1.29, 1.82) is 0 Å². The molecule has 3 aromatic rings. The summed E-state index contributed by atoms with van der Waals surface area (Å²) in [6.07, 6.45) is 5.03. The molecule has 6 heteroatoms. The third-order valence-electron chi connectivity index (χ3n) is 4.76. The molecule has 0 spiro atoms. The molecule has 2 aromatic carbocycles. The van der Waals surface area contributed by atoms with Gasteiger partial charge in [-0.2, -0.15) is 0 Å². The second kappa shape index (κ2) is 7.45. The van der Waals surface area contributed by atoms with E-state index in [-0.39, 0.29) is 11.8 Å². The number of aromatic nitrogens is 2. The number of rotatable bonds is 3. The van der Waals surface area contributed by atoms with Crippen molar-refractivity contribution in [3.63, 3.8) is 0 Å². The van der Waals surface area contributed by atoms with Crippen LogP contribution >= 0.6 is 0 Å². The van der Waals surface area contributed by atoms with Crippen LogP contribution in [0.2, 0.25) is 0 Å². The third-order valence-corrected chi connectivity index (χ3v) is 4.76. The number of carbonyl (C=O) groups excluding carboxylic acids is 2. The number of nitrogens with one attached hydrogen (secondary N) is 1. The summed E-state index contributed by atoms with van der Waals surface area (Å²) in [6, 6.07) is 15.2. The molecule has 1 fully saturated rings. The van der Waals surface area contributed by atoms with Crippen molar-refractivity contribution in [1.82, 2.24) is 19.8 Å². The maximum Gasteiger partial charge on any atom is 0.254 e. The van der Waals surface area contributed by atoms with Gasteiger partial charge in [0.05, 0.1) is 17.4 Å². The minimum atomic E-state index is -0.0233. The van der Waals surface area contributed by atoms with Gasteiger partial charge in [0, 0.05) is 37.8 Å². The molecule has 1 N–H and O–H groups in total. The van der Waals surface area contributed by atoms with Crippen molar-refractivity contribution in [3.8, 4) is 0 Å². The van der Waals surface area contributed by atoms with Crippen molar-refractivity contribution in [2.45, 2.75) is 0 Å². The molecule has 1 saturated heterocycles. The van der Waals surface area contributed by atoms with Crippen LogP contribution in [0.1, 0.15) is 15.9 Å². The Morgan fingerprint density at radius 2 is 1.70 bits per heavy atom. The molecule has 1 aliphatic heterocycles. The van der Waals surface area contributed by atoms with Crippen LogP contribution in [0.4, 0.5) is 0 Å². The minimum Gasteiger partial charge on any atom is -0.345 e. The van der Waals surface area contributed by atoms with Gasteiger partial charge in [-0.05, 0) is 29.8 Å². The zero-order valence-corrected chi connectivity index (χ0v) is 14.8.